The van der Waals surface area contributed by atoms with E-state index in [1.165, 1.54) is 33.1 Å². The van der Waals surface area contributed by atoms with Crippen molar-refractivity contribution in [3.05, 3.63) is 29.6 Å². The summed E-state index contributed by atoms with van der Waals surface area (Å²) in [5.74, 6) is -0.553. The van der Waals surface area contributed by atoms with Crippen LogP contribution in [0.4, 0.5) is 17.6 Å². The summed E-state index contributed by atoms with van der Waals surface area (Å²) in [6.45, 7) is 2.64. The van der Waals surface area contributed by atoms with Gasteiger partial charge < -0.3 is 9.84 Å². The number of aliphatic hydroxyl groups is 1. The molecule has 1 atom stereocenters. The van der Waals surface area contributed by atoms with Crippen LogP contribution < -0.4 is 4.74 Å². The van der Waals surface area contributed by atoms with E-state index in [2.05, 4.69) is 0 Å². The van der Waals surface area contributed by atoms with Crippen LogP contribution in [-0.4, -0.2) is 30.3 Å². The van der Waals surface area contributed by atoms with Crippen LogP contribution in [0.1, 0.15) is 25.8 Å². The Kier molecular flexibility index (Phi) is 4.67. The number of methoxy groups -OCH3 is 1. The Balaban J connectivity index is 3.20. The molecule has 7 heteroatoms. The molecule has 1 unspecified atom stereocenters. The Labute approximate surface area is 119 Å². The van der Waals surface area contributed by atoms with Crippen molar-refractivity contribution in [2.45, 2.75) is 37.5 Å². The van der Waals surface area contributed by atoms with Crippen LogP contribution in [0.2, 0.25) is 0 Å². The van der Waals surface area contributed by atoms with Gasteiger partial charge in [-0.05, 0) is 17.0 Å². The number of hydrogen-bond acceptors (Lipinski definition) is 3. The molecule has 0 aliphatic carbocycles. The van der Waals surface area contributed by atoms with Gasteiger partial charge in [0.05, 0.1) is 7.11 Å². The zero-order chi connectivity index (χ0) is 16.5. The molecular weight excluding hydrogens is 292 g/mol. The second-order valence-corrected chi connectivity index (χ2v) is 5.45. The molecule has 1 aromatic rings. The third kappa shape index (κ3) is 3.53. The molecule has 0 aromatic heterocycles. The normalized spacial score (nSPS) is 15.4. The summed E-state index contributed by atoms with van der Waals surface area (Å²) in [5, 5.41) is 9.50. The predicted octanol–water partition coefficient (Wildman–Crippen LogP) is 2.99. The fraction of sp³-hybridized carbons (Fsp3) is 0.500. The topological polar surface area (TPSA) is 46.5 Å². The van der Waals surface area contributed by atoms with Crippen LogP contribution in [0.25, 0.3) is 0 Å². The van der Waals surface area contributed by atoms with Crippen LogP contribution >= 0.6 is 0 Å². The second kappa shape index (κ2) is 5.63. The number of rotatable bonds is 5. The lowest BCUT2D eigenvalue weighted by atomic mass is 9.75. The van der Waals surface area contributed by atoms with Crippen LogP contribution in [-0.2, 0) is 10.2 Å². The zero-order valence-electron chi connectivity index (χ0n) is 11.8. The lowest BCUT2D eigenvalue weighted by Crippen LogP contribution is -2.50. The Morgan fingerprint density at radius 1 is 1.29 bits per heavy atom. The van der Waals surface area contributed by atoms with E-state index in [-0.39, 0.29) is 11.3 Å². The summed E-state index contributed by atoms with van der Waals surface area (Å²) in [6.07, 6.45) is -6.68. The summed E-state index contributed by atoms with van der Waals surface area (Å²) in [6, 6.07) is 3.70. The molecule has 1 N–H and O–H groups in total. The highest BCUT2D eigenvalue weighted by Crippen LogP contribution is 2.41. The summed E-state index contributed by atoms with van der Waals surface area (Å²) >= 11 is 0. The summed E-state index contributed by atoms with van der Waals surface area (Å²) in [5.41, 5.74) is -4.99. The van der Waals surface area contributed by atoms with Crippen LogP contribution in [0.3, 0.4) is 0 Å². The number of hydrogen-bond donors (Lipinski definition) is 1. The highest BCUT2D eigenvalue weighted by Gasteiger charge is 2.56. The minimum absolute atomic E-state index is 0.0483. The molecule has 0 bridgehead atoms. The summed E-state index contributed by atoms with van der Waals surface area (Å²) in [4.78, 5) is 10.7. The molecule has 3 nitrogen and oxygen atoms in total. The van der Waals surface area contributed by atoms with E-state index in [0.29, 0.717) is 0 Å². The largest absolute Gasteiger partial charge is 0.497 e. The number of aldehydes is 1. The van der Waals surface area contributed by atoms with Gasteiger partial charge in [-0.1, -0.05) is 19.9 Å². The molecule has 0 aliphatic heterocycles. The lowest BCUT2D eigenvalue weighted by Gasteiger charge is -2.34. The third-order valence-electron chi connectivity index (χ3n) is 3.30. The fourth-order valence-electron chi connectivity index (χ4n) is 2.15. The molecule has 0 radical (unpaired) electrons. The van der Waals surface area contributed by atoms with E-state index < -0.39 is 35.7 Å². The first-order valence-corrected chi connectivity index (χ1v) is 6.06. The van der Waals surface area contributed by atoms with E-state index >= 15 is 0 Å². The molecule has 1 aromatic carbocycles. The smallest absolute Gasteiger partial charge is 0.424 e. The first-order valence-electron chi connectivity index (χ1n) is 6.06. The molecule has 118 valence electrons. The van der Waals surface area contributed by atoms with Gasteiger partial charge in [0.15, 0.2) is 6.29 Å². The average Bonchev–Trinajstić information content (AvgIpc) is 2.36. The Morgan fingerprint density at radius 2 is 1.86 bits per heavy atom. The molecule has 0 saturated carbocycles. The number of halogens is 4. The van der Waals surface area contributed by atoms with Crippen molar-refractivity contribution in [2.24, 2.45) is 0 Å². The third-order valence-corrected chi connectivity index (χ3v) is 3.30. The van der Waals surface area contributed by atoms with Crippen LogP contribution in [0.15, 0.2) is 18.2 Å². The highest BCUT2D eigenvalue weighted by molar-refractivity contribution is 5.64. The average molecular weight is 308 g/mol. The van der Waals surface area contributed by atoms with Crippen molar-refractivity contribution in [3.8, 4) is 5.75 Å². The Morgan fingerprint density at radius 3 is 2.24 bits per heavy atom. The van der Waals surface area contributed by atoms with E-state index in [1.807, 2.05) is 0 Å². The molecule has 0 heterocycles. The van der Waals surface area contributed by atoms with Gasteiger partial charge in [-0.2, -0.15) is 13.2 Å². The van der Waals surface area contributed by atoms with Crippen molar-refractivity contribution in [1.29, 1.82) is 0 Å². The Bertz CT molecular complexity index is 525. The molecule has 21 heavy (non-hydrogen) atoms. The van der Waals surface area contributed by atoms with Crippen molar-refractivity contribution in [2.75, 3.05) is 7.11 Å². The van der Waals surface area contributed by atoms with Crippen molar-refractivity contribution in [3.63, 3.8) is 0 Å². The molecular formula is C14H16F4O3. The maximum absolute atomic E-state index is 14.0. The summed E-state index contributed by atoms with van der Waals surface area (Å²) in [7, 11) is 1.33. The SMILES string of the molecule is COc1ccc(C(C)(C)CC(O)(C=O)C(F)(F)F)c(F)c1. The fourth-order valence-corrected chi connectivity index (χ4v) is 2.15. The molecule has 1 rings (SSSR count). The van der Waals surface area contributed by atoms with Gasteiger partial charge in [0.1, 0.15) is 11.6 Å². The number of carbonyl (C=O) groups excluding carboxylic acids is 1. The van der Waals surface area contributed by atoms with E-state index in [1.54, 1.807) is 0 Å². The van der Waals surface area contributed by atoms with Crippen LogP contribution in [0, 0.1) is 5.82 Å². The van der Waals surface area contributed by atoms with Crippen molar-refractivity contribution in [1.82, 2.24) is 0 Å². The Hall–Kier alpha value is -1.63. The van der Waals surface area contributed by atoms with Crippen molar-refractivity contribution < 1.29 is 32.2 Å². The zero-order valence-corrected chi connectivity index (χ0v) is 11.8. The van der Waals surface area contributed by atoms with Crippen LogP contribution in [0.5, 0.6) is 5.75 Å². The second-order valence-electron chi connectivity index (χ2n) is 5.45. The molecule has 0 amide bonds. The van der Waals surface area contributed by atoms with Gasteiger partial charge in [0, 0.05) is 12.5 Å². The molecule has 0 saturated heterocycles. The number of ether oxygens (including phenoxy) is 1. The first-order chi connectivity index (χ1) is 9.47. The molecule has 0 spiro atoms. The molecule has 0 fully saturated rings. The van der Waals surface area contributed by atoms with Gasteiger partial charge in [-0.25, -0.2) is 4.39 Å². The lowest BCUT2D eigenvalue weighted by molar-refractivity contribution is -0.250. The van der Waals surface area contributed by atoms with Gasteiger partial charge >= 0.3 is 6.18 Å². The minimum Gasteiger partial charge on any atom is -0.497 e. The number of benzene rings is 1. The maximum atomic E-state index is 14.0. The first kappa shape index (κ1) is 17.4. The quantitative estimate of drug-likeness (QED) is 0.672. The van der Waals surface area contributed by atoms with Gasteiger partial charge in [0.25, 0.3) is 0 Å². The maximum Gasteiger partial charge on any atom is 0.424 e. The van der Waals surface area contributed by atoms with E-state index in [0.717, 1.165) is 6.07 Å². The van der Waals surface area contributed by atoms with E-state index in [9.17, 15) is 27.5 Å². The predicted molar refractivity (Wildman–Crippen MR) is 67.7 cm³/mol. The monoisotopic (exact) mass is 308 g/mol. The summed E-state index contributed by atoms with van der Waals surface area (Å²) < 4.78 is 57.1. The highest BCUT2D eigenvalue weighted by atomic mass is 19.4. The van der Waals surface area contributed by atoms with Gasteiger partial charge in [0.2, 0.25) is 5.60 Å². The standard InChI is InChI=1S/C14H16F4O3/c1-12(2,7-13(20,8-19)14(16,17)18)10-5-4-9(21-3)6-11(10)15/h4-6,8,20H,7H2,1-3H3. The van der Waals surface area contributed by atoms with Gasteiger partial charge in [-0.15, -0.1) is 0 Å². The van der Waals surface area contributed by atoms with E-state index in [4.69, 9.17) is 4.74 Å². The minimum atomic E-state index is -5.13. The van der Waals surface area contributed by atoms with Crippen molar-refractivity contribution >= 4 is 6.29 Å². The van der Waals surface area contributed by atoms with Gasteiger partial charge in [-0.3, -0.25) is 4.79 Å². The molecule has 0 aliphatic rings. The number of alkyl halides is 3. The number of carbonyl (C=O) groups is 1.